The van der Waals surface area contributed by atoms with Gasteiger partial charge >= 0.3 is 0 Å². The predicted octanol–water partition coefficient (Wildman–Crippen LogP) is 7.52. The summed E-state index contributed by atoms with van der Waals surface area (Å²) in [5.41, 5.74) is 4.97. The van der Waals surface area contributed by atoms with Crippen molar-refractivity contribution in [1.29, 1.82) is 0 Å². The first kappa shape index (κ1) is 22.3. The van der Waals surface area contributed by atoms with Gasteiger partial charge in [-0.25, -0.2) is 0 Å². The van der Waals surface area contributed by atoms with Crippen LogP contribution in [0.5, 0.6) is 11.5 Å². The van der Waals surface area contributed by atoms with Crippen LogP contribution in [0.3, 0.4) is 0 Å². The van der Waals surface area contributed by atoms with Crippen molar-refractivity contribution in [2.45, 2.75) is 92.3 Å². The van der Waals surface area contributed by atoms with Crippen LogP contribution in [0.1, 0.15) is 80.4 Å². The second-order valence-corrected chi connectivity index (χ2v) is 10.3. The normalized spacial score (nSPS) is 12.6. The third-order valence-electron chi connectivity index (χ3n) is 4.62. The molecule has 0 spiro atoms. The largest absolute Gasteiger partial charge is 0.491 e. The third kappa shape index (κ3) is 6.02. The van der Waals surface area contributed by atoms with Crippen LogP contribution in [-0.2, 0) is 10.8 Å². The van der Waals surface area contributed by atoms with E-state index in [0.717, 1.165) is 11.5 Å². The Labute approximate surface area is 172 Å². The van der Waals surface area contributed by atoms with Crippen LogP contribution in [0.25, 0.3) is 11.1 Å². The van der Waals surface area contributed by atoms with Gasteiger partial charge in [-0.05, 0) is 85.0 Å². The number of benzene rings is 2. The monoisotopic (exact) mass is 382 g/mol. The Morgan fingerprint density at radius 2 is 0.857 bits per heavy atom. The van der Waals surface area contributed by atoms with Crippen LogP contribution in [0.4, 0.5) is 0 Å². The minimum atomic E-state index is 0.0456. The van der Waals surface area contributed by atoms with Crippen molar-refractivity contribution in [3.8, 4) is 22.6 Å². The fraction of sp³-hybridized carbons (Fsp3) is 0.538. The van der Waals surface area contributed by atoms with E-state index < -0.39 is 0 Å². The summed E-state index contributed by atoms with van der Waals surface area (Å²) in [5, 5.41) is 0. The molecule has 0 unspecified atom stereocenters. The van der Waals surface area contributed by atoms with Gasteiger partial charge in [0.1, 0.15) is 11.5 Å². The molecule has 2 rings (SSSR count). The van der Waals surface area contributed by atoms with Gasteiger partial charge < -0.3 is 9.47 Å². The van der Waals surface area contributed by atoms with Gasteiger partial charge in [-0.2, -0.15) is 0 Å². The number of hydrogen-bond acceptors (Lipinski definition) is 2. The zero-order valence-electron chi connectivity index (χ0n) is 19.4. The van der Waals surface area contributed by atoms with E-state index in [-0.39, 0.29) is 23.0 Å². The van der Waals surface area contributed by atoms with Crippen molar-refractivity contribution < 1.29 is 9.47 Å². The maximum atomic E-state index is 6.07. The fourth-order valence-electron chi connectivity index (χ4n) is 3.08. The average Bonchev–Trinajstić information content (AvgIpc) is 2.51. The van der Waals surface area contributed by atoms with Crippen LogP contribution >= 0.6 is 0 Å². The van der Waals surface area contributed by atoms with E-state index in [1.54, 1.807) is 0 Å². The first-order valence-electron chi connectivity index (χ1n) is 10.4. The molecule has 0 fully saturated rings. The molecule has 0 aromatic heterocycles. The second-order valence-electron chi connectivity index (χ2n) is 10.3. The van der Waals surface area contributed by atoms with Gasteiger partial charge in [-0.3, -0.25) is 0 Å². The van der Waals surface area contributed by atoms with Crippen molar-refractivity contribution in [3.63, 3.8) is 0 Å². The molecule has 0 N–H and O–H groups in total. The lowest BCUT2D eigenvalue weighted by molar-refractivity contribution is 0.241. The highest BCUT2D eigenvalue weighted by Gasteiger charge is 2.20. The van der Waals surface area contributed by atoms with Crippen LogP contribution < -0.4 is 9.47 Å². The molecule has 0 saturated carbocycles. The molecular weight excluding hydrogens is 344 g/mol. The molecule has 2 nitrogen and oxygen atoms in total. The molecular formula is C26H38O2. The van der Waals surface area contributed by atoms with Crippen molar-refractivity contribution in [2.75, 3.05) is 0 Å². The number of rotatable bonds is 5. The summed E-state index contributed by atoms with van der Waals surface area (Å²) in [7, 11) is 0. The molecule has 2 heteroatoms. The third-order valence-corrected chi connectivity index (χ3v) is 4.62. The Morgan fingerprint density at radius 3 is 1.11 bits per heavy atom. The summed E-state index contributed by atoms with van der Waals surface area (Å²) in [5.74, 6) is 1.84. The van der Waals surface area contributed by atoms with Crippen molar-refractivity contribution in [1.82, 2.24) is 0 Å². The summed E-state index contributed by atoms with van der Waals surface area (Å²) in [6.45, 7) is 21.7. The summed E-state index contributed by atoms with van der Waals surface area (Å²) in [6.07, 6.45) is 0.285. The molecule has 0 aliphatic carbocycles. The van der Waals surface area contributed by atoms with Crippen molar-refractivity contribution >= 4 is 0 Å². The molecule has 0 bridgehead atoms. The maximum Gasteiger partial charge on any atom is 0.120 e. The first-order chi connectivity index (χ1) is 12.8. The van der Waals surface area contributed by atoms with Gasteiger partial charge in [0.15, 0.2) is 0 Å². The SMILES string of the molecule is CC(C)Oc1cc(-c2cc(OC(C)C)cc(C(C)(C)C)c2)cc(C(C)(C)C)c1. The van der Waals surface area contributed by atoms with Crippen molar-refractivity contribution in [3.05, 3.63) is 47.5 Å². The van der Waals surface area contributed by atoms with Gasteiger partial charge in [0, 0.05) is 0 Å². The van der Waals surface area contributed by atoms with E-state index in [1.807, 2.05) is 0 Å². The quantitative estimate of drug-likeness (QED) is 0.532. The highest BCUT2D eigenvalue weighted by molar-refractivity contribution is 5.69. The molecule has 0 aliphatic heterocycles. The summed E-state index contributed by atoms with van der Waals surface area (Å²) in [4.78, 5) is 0. The first-order valence-corrected chi connectivity index (χ1v) is 10.4. The summed E-state index contributed by atoms with van der Waals surface area (Å²) >= 11 is 0. The highest BCUT2D eigenvalue weighted by Crippen LogP contribution is 2.36. The Balaban J connectivity index is 2.67. The van der Waals surface area contributed by atoms with Gasteiger partial charge in [-0.15, -0.1) is 0 Å². The fourth-order valence-corrected chi connectivity index (χ4v) is 3.08. The zero-order chi connectivity index (χ0) is 21.3. The minimum absolute atomic E-state index is 0.0456. The van der Waals surface area contributed by atoms with E-state index in [1.165, 1.54) is 22.3 Å². The number of hydrogen-bond donors (Lipinski definition) is 0. The summed E-state index contributed by atoms with van der Waals surface area (Å²) < 4.78 is 12.1. The maximum absolute atomic E-state index is 6.07. The molecule has 0 atom stereocenters. The van der Waals surface area contributed by atoms with Crippen LogP contribution in [-0.4, -0.2) is 12.2 Å². The topological polar surface area (TPSA) is 18.5 Å². The zero-order valence-corrected chi connectivity index (χ0v) is 19.4. The molecule has 0 heterocycles. The molecule has 28 heavy (non-hydrogen) atoms. The number of ether oxygens (including phenoxy) is 2. The predicted molar refractivity (Wildman–Crippen MR) is 121 cm³/mol. The molecule has 2 aromatic carbocycles. The Kier molecular flexibility index (Phi) is 6.53. The lowest BCUT2D eigenvalue weighted by atomic mass is 9.83. The summed E-state index contributed by atoms with van der Waals surface area (Å²) in [6, 6.07) is 13.2. The Bertz CT molecular complexity index is 733. The lowest BCUT2D eigenvalue weighted by Crippen LogP contribution is -2.14. The van der Waals surface area contributed by atoms with Crippen LogP contribution in [0.15, 0.2) is 36.4 Å². The second kappa shape index (κ2) is 8.19. The minimum Gasteiger partial charge on any atom is -0.491 e. The van der Waals surface area contributed by atoms with E-state index in [0.29, 0.717) is 0 Å². The van der Waals surface area contributed by atoms with E-state index >= 15 is 0 Å². The van der Waals surface area contributed by atoms with E-state index in [2.05, 4.69) is 106 Å². The van der Waals surface area contributed by atoms with Gasteiger partial charge in [0.05, 0.1) is 12.2 Å². The van der Waals surface area contributed by atoms with Crippen LogP contribution in [0.2, 0.25) is 0 Å². The molecule has 154 valence electrons. The molecule has 0 saturated heterocycles. The van der Waals surface area contributed by atoms with Crippen molar-refractivity contribution in [2.24, 2.45) is 0 Å². The average molecular weight is 383 g/mol. The van der Waals surface area contributed by atoms with Crippen LogP contribution in [0, 0.1) is 0 Å². The standard InChI is InChI=1S/C26H38O2/c1-17(2)27-23-13-19(11-21(15-23)25(5,6)7)20-12-22(26(8,9)10)16-24(14-20)28-18(3)4/h11-18H,1-10H3. The highest BCUT2D eigenvalue weighted by atomic mass is 16.5. The van der Waals surface area contributed by atoms with Gasteiger partial charge in [-0.1, -0.05) is 53.7 Å². The lowest BCUT2D eigenvalue weighted by Gasteiger charge is -2.24. The molecule has 0 radical (unpaired) electrons. The Morgan fingerprint density at radius 1 is 0.536 bits per heavy atom. The van der Waals surface area contributed by atoms with Gasteiger partial charge in [0.2, 0.25) is 0 Å². The smallest absolute Gasteiger partial charge is 0.120 e. The molecule has 0 amide bonds. The molecule has 2 aromatic rings. The molecule has 0 aliphatic rings. The Hall–Kier alpha value is -1.96. The van der Waals surface area contributed by atoms with E-state index in [4.69, 9.17) is 9.47 Å². The van der Waals surface area contributed by atoms with E-state index in [9.17, 15) is 0 Å². The van der Waals surface area contributed by atoms with Gasteiger partial charge in [0.25, 0.3) is 0 Å².